The average molecular weight is 709 g/mol. The molecule has 0 fully saturated rings. The molecule has 3 heteroatoms. The molecule has 6 rings (SSSR count). The van der Waals surface area contributed by atoms with E-state index in [-0.39, 0.29) is 0 Å². The van der Waals surface area contributed by atoms with Crippen molar-refractivity contribution < 1.29 is 18.3 Å². The summed E-state index contributed by atoms with van der Waals surface area (Å²) in [5.41, 5.74) is 3.70. The van der Waals surface area contributed by atoms with Crippen molar-refractivity contribution in [2.24, 2.45) is 0 Å². The molecular weight excluding hydrogens is 669 g/mol. The Bertz CT molecular complexity index is 1600. The SMILES string of the molecule is [Rh][CH](CC(C(CCc1ccccc1)P(c1ccccc1)c1ccccc1)P(c1ccccc1)c1ccccc1)c1ccccc1. The molecule has 0 aliphatic heterocycles. The predicted octanol–water partition coefficient (Wildman–Crippen LogP) is 9.30. The van der Waals surface area contributed by atoms with E-state index in [0.717, 1.165) is 19.3 Å². The molecule has 0 heterocycles. The Morgan fingerprint density at radius 1 is 0.400 bits per heavy atom. The molecule has 3 unspecified atom stereocenters. The molecule has 45 heavy (non-hydrogen) atoms. The van der Waals surface area contributed by atoms with Gasteiger partial charge in [-0.15, -0.1) is 0 Å². The zero-order valence-corrected chi connectivity index (χ0v) is 28.8. The summed E-state index contributed by atoms with van der Waals surface area (Å²) >= 11 is 3.50. The quantitative estimate of drug-likeness (QED) is 0.0829. The molecule has 0 nitrogen and oxygen atoms in total. The molecule has 3 atom stereocenters. The van der Waals surface area contributed by atoms with Crippen LogP contribution in [0.2, 0.25) is 0 Å². The van der Waals surface area contributed by atoms with Gasteiger partial charge in [0.1, 0.15) is 0 Å². The molecule has 0 aliphatic rings. The number of rotatable bonds is 13. The van der Waals surface area contributed by atoms with Gasteiger partial charge in [0, 0.05) is 0 Å². The van der Waals surface area contributed by atoms with E-state index in [4.69, 9.17) is 0 Å². The van der Waals surface area contributed by atoms with E-state index in [2.05, 4.69) is 200 Å². The average Bonchev–Trinajstić information content (AvgIpc) is 3.12. The summed E-state index contributed by atoms with van der Waals surface area (Å²) in [5.74, 6) is 0. The van der Waals surface area contributed by atoms with Crippen LogP contribution < -0.4 is 21.2 Å². The van der Waals surface area contributed by atoms with Crippen LogP contribution in [0.25, 0.3) is 0 Å². The molecule has 0 aromatic heterocycles. The fourth-order valence-electron chi connectivity index (χ4n) is 6.30. The number of aryl methyl sites for hydroxylation is 1. The van der Waals surface area contributed by atoms with Gasteiger partial charge in [-0.2, -0.15) is 0 Å². The third kappa shape index (κ3) is 8.35. The molecule has 226 valence electrons. The van der Waals surface area contributed by atoms with Crippen LogP contribution in [-0.2, 0) is 24.7 Å². The van der Waals surface area contributed by atoms with Crippen molar-refractivity contribution >= 4 is 37.1 Å². The van der Waals surface area contributed by atoms with Crippen LogP contribution in [0.3, 0.4) is 0 Å². The fraction of sp³-hybridized carbons (Fsp3) is 0.143. The molecule has 0 saturated carbocycles. The van der Waals surface area contributed by atoms with Crippen LogP contribution in [0.4, 0.5) is 0 Å². The maximum atomic E-state index is 3.50. The zero-order chi connectivity index (χ0) is 30.7. The first kappa shape index (κ1) is 31.8. The third-order valence-corrected chi connectivity index (χ3v) is 15.5. The second-order valence-electron chi connectivity index (χ2n) is 11.3. The topological polar surface area (TPSA) is 0 Å². The van der Waals surface area contributed by atoms with E-state index in [1.165, 1.54) is 32.3 Å². The van der Waals surface area contributed by atoms with Gasteiger partial charge in [0.05, 0.1) is 0 Å². The molecule has 0 spiro atoms. The summed E-state index contributed by atoms with van der Waals surface area (Å²) in [6, 6.07) is 67.7. The van der Waals surface area contributed by atoms with Crippen molar-refractivity contribution in [2.45, 2.75) is 35.1 Å². The summed E-state index contributed by atoms with van der Waals surface area (Å²) in [4.78, 5) is 0. The summed E-state index contributed by atoms with van der Waals surface area (Å²) in [7, 11) is -1.33. The number of benzene rings is 6. The monoisotopic (exact) mass is 708 g/mol. The predicted molar refractivity (Wildman–Crippen MR) is 194 cm³/mol. The van der Waals surface area contributed by atoms with Crippen LogP contribution in [0.15, 0.2) is 182 Å². The van der Waals surface area contributed by atoms with E-state index in [0.29, 0.717) is 15.8 Å². The molecule has 6 aromatic rings. The third-order valence-electron chi connectivity index (χ3n) is 8.40. The Labute approximate surface area is 282 Å². The van der Waals surface area contributed by atoms with Crippen molar-refractivity contribution in [3.63, 3.8) is 0 Å². The van der Waals surface area contributed by atoms with Gasteiger partial charge < -0.3 is 0 Å². The van der Waals surface area contributed by atoms with E-state index in [1.807, 2.05) is 0 Å². The minimum absolute atomic E-state index is 0.331. The first-order valence-corrected chi connectivity index (χ1v) is 19.5. The minimum atomic E-state index is -0.672. The first-order valence-electron chi connectivity index (χ1n) is 15.8. The van der Waals surface area contributed by atoms with Crippen LogP contribution in [0.1, 0.15) is 28.5 Å². The molecule has 0 aliphatic carbocycles. The van der Waals surface area contributed by atoms with Crippen molar-refractivity contribution in [3.8, 4) is 0 Å². The summed E-state index contributed by atoms with van der Waals surface area (Å²) in [5, 5.41) is 5.86. The van der Waals surface area contributed by atoms with Crippen molar-refractivity contribution in [2.75, 3.05) is 0 Å². The van der Waals surface area contributed by atoms with Gasteiger partial charge in [-0.3, -0.25) is 0 Å². The van der Waals surface area contributed by atoms with Gasteiger partial charge in [0.15, 0.2) is 0 Å². The Morgan fingerprint density at radius 3 is 1.13 bits per heavy atom. The van der Waals surface area contributed by atoms with Gasteiger partial charge in [-0.25, -0.2) is 0 Å². The maximum absolute atomic E-state index is 3.50. The van der Waals surface area contributed by atoms with E-state index in [1.54, 1.807) is 0 Å². The van der Waals surface area contributed by atoms with E-state index >= 15 is 0 Å². The van der Waals surface area contributed by atoms with Gasteiger partial charge in [0.25, 0.3) is 0 Å². The fourth-order valence-corrected chi connectivity index (χ4v) is 14.0. The Balaban J connectivity index is 1.55. The van der Waals surface area contributed by atoms with Gasteiger partial charge in [-0.1, -0.05) is 0 Å². The molecule has 6 aromatic carbocycles. The van der Waals surface area contributed by atoms with Gasteiger partial charge in [0.2, 0.25) is 0 Å². The van der Waals surface area contributed by atoms with E-state index < -0.39 is 15.8 Å². The molecule has 0 radical (unpaired) electrons. The van der Waals surface area contributed by atoms with Crippen LogP contribution in [-0.4, -0.2) is 11.3 Å². The Hall–Kier alpha value is -3.20. The van der Waals surface area contributed by atoms with Crippen molar-refractivity contribution in [3.05, 3.63) is 193 Å². The summed E-state index contributed by atoms with van der Waals surface area (Å²) in [6.45, 7) is 0. The number of hydrogen-bond acceptors (Lipinski definition) is 0. The number of hydrogen-bond donors (Lipinski definition) is 0. The normalized spacial score (nSPS) is 13.4. The van der Waals surface area contributed by atoms with Crippen LogP contribution in [0.5, 0.6) is 0 Å². The Morgan fingerprint density at radius 2 is 0.733 bits per heavy atom. The van der Waals surface area contributed by atoms with Crippen molar-refractivity contribution in [1.29, 1.82) is 0 Å². The molecule has 0 bridgehead atoms. The molecular formula is C42H39P2Rh. The standard InChI is InChI=1S/C42H39P2.Rh/c1-7-19-35(20-8-1)31-33-41(43(37-23-11-3-12-24-37)38-25-13-4-14-26-38)42(34-32-36-21-9-2-10-22-36)44(39-27-15-5-16-28-39)40-29-17-6-18-30-40;/h1-31,41-42H,32-34H2;. The van der Waals surface area contributed by atoms with Gasteiger partial charge >= 0.3 is 284 Å². The zero-order valence-electron chi connectivity index (χ0n) is 25.4. The molecule has 0 saturated heterocycles. The first-order chi connectivity index (χ1) is 22.3. The van der Waals surface area contributed by atoms with Crippen molar-refractivity contribution in [1.82, 2.24) is 0 Å². The molecule has 0 N–H and O–H groups in total. The summed E-state index contributed by atoms with van der Waals surface area (Å²) < 4.78 is 0.331. The van der Waals surface area contributed by atoms with Crippen LogP contribution in [0, 0.1) is 0 Å². The van der Waals surface area contributed by atoms with Gasteiger partial charge in [-0.05, 0) is 0 Å². The second-order valence-corrected chi connectivity index (χ2v) is 17.3. The summed E-state index contributed by atoms with van der Waals surface area (Å²) in [6.07, 6.45) is 3.29. The second kappa shape index (κ2) is 16.4. The Kier molecular flexibility index (Phi) is 11.6. The van der Waals surface area contributed by atoms with E-state index in [9.17, 15) is 0 Å². The molecule has 0 amide bonds. The van der Waals surface area contributed by atoms with Crippen LogP contribution >= 0.6 is 15.8 Å².